The van der Waals surface area contributed by atoms with Crippen LogP contribution in [0.4, 0.5) is 10.1 Å². The first-order valence-electron chi connectivity index (χ1n) is 9.80. The molecule has 0 unspecified atom stereocenters. The molecule has 5 nitrogen and oxygen atoms in total. The van der Waals surface area contributed by atoms with Gasteiger partial charge in [-0.3, -0.25) is 19.0 Å². The molecule has 0 aliphatic heterocycles. The fraction of sp³-hybridized carbons (Fsp3) is 0.208. The minimum absolute atomic E-state index is 0.108. The van der Waals surface area contributed by atoms with Crippen molar-refractivity contribution in [2.75, 3.05) is 5.32 Å². The number of rotatable bonds is 3. The van der Waals surface area contributed by atoms with Gasteiger partial charge in [-0.05, 0) is 53.8 Å². The van der Waals surface area contributed by atoms with Gasteiger partial charge in [0.25, 0.3) is 11.5 Å². The molecule has 0 saturated carbocycles. The number of carbonyl (C=O) groups excluding carboxylic acids is 2. The van der Waals surface area contributed by atoms with Crippen LogP contribution in [0.25, 0.3) is 5.69 Å². The molecule has 1 aromatic heterocycles. The number of ketones is 1. The third-order valence-electron chi connectivity index (χ3n) is 5.37. The summed E-state index contributed by atoms with van der Waals surface area (Å²) in [7, 11) is 0. The van der Waals surface area contributed by atoms with Crippen molar-refractivity contribution in [1.29, 1.82) is 0 Å². The number of halogens is 2. The summed E-state index contributed by atoms with van der Waals surface area (Å²) in [6.45, 7) is 3.85. The molecule has 1 amide bonds. The summed E-state index contributed by atoms with van der Waals surface area (Å²) in [6, 6.07) is 12.0. The second-order valence-electron chi connectivity index (χ2n) is 8.42. The van der Waals surface area contributed by atoms with E-state index in [4.69, 9.17) is 11.6 Å². The Morgan fingerprint density at radius 3 is 2.42 bits per heavy atom. The summed E-state index contributed by atoms with van der Waals surface area (Å²) in [4.78, 5) is 39.6. The van der Waals surface area contributed by atoms with Crippen molar-refractivity contribution in [2.24, 2.45) is 5.41 Å². The van der Waals surface area contributed by atoms with Crippen LogP contribution >= 0.6 is 11.6 Å². The van der Waals surface area contributed by atoms with Crippen LogP contribution in [-0.2, 0) is 6.42 Å². The number of benzene rings is 2. The summed E-state index contributed by atoms with van der Waals surface area (Å²) < 4.78 is 14.6. The number of hydrogen-bond donors (Lipinski definition) is 1. The predicted molar refractivity (Wildman–Crippen MR) is 118 cm³/mol. The monoisotopic (exact) mass is 438 g/mol. The number of fused-ring (bicyclic) bond motifs is 1. The van der Waals surface area contributed by atoms with Crippen LogP contribution in [-0.4, -0.2) is 16.3 Å². The van der Waals surface area contributed by atoms with Gasteiger partial charge < -0.3 is 5.32 Å². The van der Waals surface area contributed by atoms with Crippen molar-refractivity contribution < 1.29 is 14.0 Å². The lowest BCUT2D eigenvalue weighted by Crippen LogP contribution is -2.37. The molecule has 4 rings (SSSR count). The number of amides is 1. The second-order valence-corrected chi connectivity index (χ2v) is 8.83. The molecule has 1 aliphatic rings. The van der Waals surface area contributed by atoms with Gasteiger partial charge in [-0.1, -0.05) is 37.6 Å². The fourth-order valence-corrected chi connectivity index (χ4v) is 4.10. The minimum atomic E-state index is -0.642. The molecule has 0 bridgehead atoms. The van der Waals surface area contributed by atoms with Crippen molar-refractivity contribution in [3.63, 3.8) is 0 Å². The van der Waals surface area contributed by atoms with E-state index in [1.807, 2.05) is 13.8 Å². The normalized spacial score (nSPS) is 14.8. The lowest BCUT2D eigenvalue weighted by atomic mass is 9.73. The van der Waals surface area contributed by atoms with E-state index in [2.05, 4.69) is 5.32 Å². The number of nitrogens with one attached hydrogen (secondary N) is 1. The Hall–Kier alpha value is -3.25. The Morgan fingerprint density at radius 1 is 1.06 bits per heavy atom. The zero-order valence-corrected chi connectivity index (χ0v) is 17.8. The van der Waals surface area contributed by atoms with E-state index in [0.717, 1.165) is 0 Å². The molecule has 7 heteroatoms. The van der Waals surface area contributed by atoms with Gasteiger partial charge >= 0.3 is 0 Å². The molecule has 158 valence electrons. The SMILES string of the molecule is CC1(C)CC(=O)c2cn(-c3ccc(F)cc3)c(=O)c(C(=O)Nc3ccccc3Cl)c2C1. The predicted octanol–water partition coefficient (Wildman–Crippen LogP) is 5.04. The molecule has 1 N–H and O–H groups in total. The fourth-order valence-electron chi connectivity index (χ4n) is 3.92. The number of Topliss-reactive ketones (excluding diaryl/α,β-unsaturated/α-hetero) is 1. The number of para-hydroxylation sites is 1. The van der Waals surface area contributed by atoms with Crippen LogP contribution in [0.5, 0.6) is 0 Å². The molecule has 0 spiro atoms. The smallest absolute Gasteiger partial charge is 0.268 e. The largest absolute Gasteiger partial charge is 0.320 e. The maximum absolute atomic E-state index is 13.4. The number of carbonyl (C=O) groups is 2. The van der Waals surface area contributed by atoms with Gasteiger partial charge in [0.05, 0.1) is 10.7 Å². The zero-order chi connectivity index (χ0) is 22.3. The Bertz CT molecular complexity index is 1260. The Balaban J connectivity index is 1.92. The van der Waals surface area contributed by atoms with Crippen molar-refractivity contribution in [1.82, 2.24) is 4.57 Å². The lowest BCUT2D eigenvalue weighted by Gasteiger charge is -2.31. The molecule has 1 heterocycles. The van der Waals surface area contributed by atoms with Gasteiger partial charge in [-0.25, -0.2) is 4.39 Å². The van der Waals surface area contributed by atoms with Crippen LogP contribution in [0.15, 0.2) is 59.5 Å². The summed E-state index contributed by atoms with van der Waals surface area (Å²) in [5.41, 5.74) is 0.391. The number of nitrogens with zero attached hydrogens (tertiary/aromatic N) is 1. The zero-order valence-electron chi connectivity index (χ0n) is 17.0. The standard InChI is InChI=1S/C24H20ClFN2O3/c1-24(2)11-16-17(20(29)12-24)13-28(15-9-7-14(26)8-10-15)23(31)21(16)22(30)27-19-6-4-3-5-18(19)25/h3-10,13H,11-12H2,1-2H3,(H,27,30). The average molecular weight is 439 g/mol. The van der Waals surface area contributed by atoms with E-state index < -0.39 is 22.7 Å². The average Bonchev–Trinajstić information content (AvgIpc) is 2.69. The van der Waals surface area contributed by atoms with Crippen molar-refractivity contribution in [3.05, 3.63) is 92.6 Å². The highest BCUT2D eigenvalue weighted by Crippen LogP contribution is 2.36. The molecular weight excluding hydrogens is 419 g/mol. The first kappa shape index (κ1) is 21.0. The molecule has 2 aromatic carbocycles. The van der Waals surface area contributed by atoms with Crippen LogP contribution in [0, 0.1) is 11.2 Å². The number of aromatic nitrogens is 1. The highest BCUT2D eigenvalue weighted by molar-refractivity contribution is 6.34. The second kappa shape index (κ2) is 7.78. The van der Waals surface area contributed by atoms with Crippen LogP contribution in [0.3, 0.4) is 0 Å². The number of anilines is 1. The first-order valence-corrected chi connectivity index (χ1v) is 10.2. The van der Waals surface area contributed by atoms with E-state index >= 15 is 0 Å². The molecular formula is C24H20ClFN2O3. The topological polar surface area (TPSA) is 68.2 Å². The highest BCUT2D eigenvalue weighted by Gasteiger charge is 2.36. The van der Waals surface area contributed by atoms with Gasteiger partial charge in [0, 0.05) is 23.9 Å². The van der Waals surface area contributed by atoms with E-state index in [0.29, 0.717) is 40.4 Å². The van der Waals surface area contributed by atoms with Crippen LogP contribution in [0.1, 0.15) is 46.5 Å². The van der Waals surface area contributed by atoms with E-state index in [1.165, 1.54) is 35.0 Å². The molecule has 1 aliphatic carbocycles. The lowest BCUT2D eigenvalue weighted by molar-refractivity contribution is 0.0910. The van der Waals surface area contributed by atoms with Gasteiger partial charge in [0.15, 0.2) is 5.78 Å². The first-order chi connectivity index (χ1) is 14.7. The Kier molecular flexibility index (Phi) is 5.27. The molecule has 31 heavy (non-hydrogen) atoms. The summed E-state index contributed by atoms with van der Waals surface area (Å²) in [5.74, 6) is -1.24. The van der Waals surface area contributed by atoms with Gasteiger partial charge in [-0.15, -0.1) is 0 Å². The molecule has 0 fully saturated rings. The van der Waals surface area contributed by atoms with Crippen LogP contribution < -0.4 is 10.9 Å². The highest BCUT2D eigenvalue weighted by atomic mass is 35.5. The number of hydrogen-bond acceptors (Lipinski definition) is 3. The maximum Gasteiger partial charge on any atom is 0.268 e. The maximum atomic E-state index is 13.4. The Morgan fingerprint density at radius 2 is 1.74 bits per heavy atom. The van der Waals surface area contributed by atoms with E-state index in [9.17, 15) is 18.8 Å². The van der Waals surface area contributed by atoms with Gasteiger partial charge in [0.1, 0.15) is 11.4 Å². The van der Waals surface area contributed by atoms with Gasteiger partial charge in [-0.2, -0.15) is 0 Å². The minimum Gasteiger partial charge on any atom is -0.320 e. The van der Waals surface area contributed by atoms with Crippen molar-refractivity contribution in [3.8, 4) is 5.69 Å². The summed E-state index contributed by atoms with van der Waals surface area (Å²) >= 11 is 6.16. The Labute approximate surface area is 183 Å². The van der Waals surface area contributed by atoms with Gasteiger partial charge in [0.2, 0.25) is 0 Å². The van der Waals surface area contributed by atoms with E-state index in [-0.39, 0.29) is 11.3 Å². The summed E-state index contributed by atoms with van der Waals surface area (Å²) in [6.07, 6.45) is 2.15. The van der Waals surface area contributed by atoms with E-state index in [1.54, 1.807) is 24.3 Å². The molecule has 3 aromatic rings. The van der Waals surface area contributed by atoms with Crippen LogP contribution in [0.2, 0.25) is 5.02 Å². The molecule has 0 saturated heterocycles. The van der Waals surface area contributed by atoms with Crippen molar-refractivity contribution in [2.45, 2.75) is 26.7 Å². The molecule has 0 radical (unpaired) electrons. The van der Waals surface area contributed by atoms with Crippen molar-refractivity contribution >= 4 is 29.0 Å². The quantitative estimate of drug-likeness (QED) is 0.623. The third-order valence-corrected chi connectivity index (χ3v) is 5.70. The molecule has 0 atom stereocenters. The number of pyridine rings is 1. The third kappa shape index (κ3) is 4.03. The summed E-state index contributed by atoms with van der Waals surface area (Å²) in [5, 5.41) is 3.02.